The van der Waals surface area contributed by atoms with Crippen molar-refractivity contribution in [2.45, 2.75) is 19.3 Å². The third-order valence-electron chi connectivity index (χ3n) is 5.50. The zero-order chi connectivity index (χ0) is 24.0. The van der Waals surface area contributed by atoms with Gasteiger partial charge in [-0.05, 0) is 65.5 Å². The fraction of sp³-hybridized carbons (Fsp3) is 0.208. The van der Waals surface area contributed by atoms with Gasteiger partial charge in [-0.25, -0.2) is 8.42 Å². The van der Waals surface area contributed by atoms with Gasteiger partial charge < -0.3 is 9.88 Å². The fourth-order valence-corrected chi connectivity index (χ4v) is 5.63. The lowest BCUT2D eigenvalue weighted by Crippen LogP contribution is -2.22. The number of benzene rings is 2. The molecule has 33 heavy (non-hydrogen) atoms. The van der Waals surface area contributed by atoms with E-state index in [0.717, 1.165) is 27.6 Å². The first-order valence-corrected chi connectivity index (χ1v) is 13.3. The molecule has 0 aliphatic rings. The van der Waals surface area contributed by atoms with E-state index in [0.29, 0.717) is 21.3 Å². The number of rotatable bonds is 6. The molecule has 1 amide bonds. The van der Waals surface area contributed by atoms with Crippen LogP contribution in [0.25, 0.3) is 10.1 Å². The van der Waals surface area contributed by atoms with Gasteiger partial charge in [0.25, 0.3) is 5.91 Å². The number of fused-ring (bicyclic) bond motifs is 1. The first kappa shape index (κ1) is 23.4. The van der Waals surface area contributed by atoms with Crippen molar-refractivity contribution in [2.75, 3.05) is 16.3 Å². The summed E-state index contributed by atoms with van der Waals surface area (Å²) >= 11 is 7.75. The molecule has 9 heteroatoms. The van der Waals surface area contributed by atoms with Crippen LogP contribution in [-0.2, 0) is 22.5 Å². The minimum Gasteiger partial charge on any atom is -0.354 e. The van der Waals surface area contributed by atoms with Gasteiger partial charge in [-0.3, -0.25) is 9.52 Å². The SMILES string of the molecule is Cn1cccc1C(C)(C)c1cc(Cl)cc(NC(=O)c2cc3cc(NS(C)(=O)=O)ccc3s2)c1. The molecule has 2 aromatic heterocycles. The third kappa shape index (κ3) is 5.08. The smallest absolute Gasteiger partial charge is 0.265 e. The molecule has 2 N–H and O–H groups in total. The van der Waals surface area contributed by atoms with Crippen LogP contribution in [0, 0.1) is 0 Å². The lowest BCUT2D eigenvalue weighted by Gasteiger charge is -2.27. The molecule has 0 fully saturated rings. The predicted molar refractivity (Wildman–Crippen MR) is 137 cm³/mol. The van der Waals surface area contributed by atoms with E-state index < -0.39 is 10.0 Å². The summed E-state index contributed by atoms with van der Waals surface area (Å²) < 4.78 is 28.4. The number of thiophene rings is 1. The van der Waals surface area contributed by atoms with Gasteiger partial charge in [-0.2, -0.15) is 0 Å². The number of amides is 1. The summed E-state index contributed by atoms with van der Waals surface area (Å²) in [5, 5.41) is 4.28. The highest BCUT2D eigenvalue weighted by Gasteiger charge is 2.26. The molecule has 0 bridgehead atoms. The normalized spacial score (nSPS) is 12.2. The number of hydrogen-bond acceptors (Lipinski definition) is 4. The van der Waals surface area contributed by atoms with Gasteiger partial charge in [0, 0.05) is 45.5 Å². The summed E-state index contributed by atoms with van der Waals surface area (Å²) in [5.41, 5.74) is 2.87. The van der Waals surface area contributed by atoms with E-state index in [9.17, 15) is 13.2 Å². The lowest BCUT2D eigenvalue weighted by molar-refractivity contribution is 0.103. The number of hydrogen-bond donors (Lipinski definition) is 2. The number of anilines is 2. The molecule has 2 aromatic carbocycles. The lowest BCUT2D eigenvalue weighted by atomic mass is 9.81. The molecule has 0 atom stereocenters. The van der Waals surface area contributed by atoms with E-state index in [-0.39, 0.29) is 11.3 Å². The quantitative estimate of drug-likeness (QED) is 0.348. The highest BCUT2D eigenvalue weighted by molar-refractivity contribution is 7.92. The Balaban J connectivity index is 1.61. The molecule has 4 aromatic rings. The maximum Gasteiger partial charge on any atom is 0.265 e. The van der Waals surface area contributed by atoms with E-state index in [4.69, 9.17) is 11.6 Å². The molecule has 172 valence electrons. The van der Waals surface area contributed by atoms with Crippen molar-refractivity contribution in [3.05, 3.63) is 82.0 Å². The van der Waals surface area contributed by atoms with Gasteiger partial charge >= 0.3 is 0 Å². The van der Waals surface area contributed by atoms with Crippen molar-refractivity contribution < 1.29 is 13.2 Å². The van der Waals surface area contributed by atoms with Crippen molar-refractivity contribution in [1.29, 1.82) is 0 Å². The summed E-state index contributed by atoms with van der Waals surface area (Å²) in [6.45, 7) is 4.24. The fourth-order valence-electron chi connectivity index (χ4n) is 3.91. The molecular formula is C24H24ClN3O3S2. The second kappa shape index (κ2) is 8.52. The van der Waals surface area contributed by atoms with E-state index in [1.54, 1.807) is 30.3 Å². The molecule has 0 aliphatic carbocycles. The molecule has 0 spiro atoms. The first-order chi connectivity index (χ1) is 15.4. The van der Waals surface area contributed by atoms with Crippen molar-refractivity contribution in [3.63, 3.8) is 0 Å². The van der Waals surface area contributed by atoms with Crippen molar-refractivity contribution in [2.24, 2.45) is 7.05 Å². The van der Waals surface area contributed by atoms with Crippen LogP contribution in [0.1, 0.15) is 34.8 Å². The third-order valence-corrected chi connectivity index (χ3v) is 7.44. The number of carbonyl (C=O) groups is 1. The van der Waals surface area contributed by atoms with E-state index >= 15 is 0 Å². The van der Waals surface area contributed by atoms with Crippen molar-refractivity contribution in [3.8, 4) is 0 Å². The maximum absolute atomic E-state index is 13.0. The second-order valence-electron chi connectivity index (χ2n) is 8.55. The number of aryl methyl sites for hydroxylation is 1. The van der Waals surface area contributed by atoms with Crippen LogP contribution in [0.4, 0.5) is 11.4 Å². The Hall–Kier alpha value is -2.81. The Kier molecular flexibility index (Phi) is 6.03. The summed E-state index contributed by atoms with van der Waals surface area (Å²) in [6.07, 6.45) is 3.10. The van der Waals surface area contributed by atoms with Crippen LogP contribution in [0.15, 0.2) is 60.8 Å². The van der Waals surface area contributed by atoms with Crippen LogP contribution in [0.3, 0.4) is 0 Å². The molecule has 6 nitrogen and oxygen atoms in total. The van der Waals surface area contributed by atoms with Gasteiger partial charge in [0.05, 0.1) is 11.1 Å². The average molecular weight is 502 g/mol. The molecule has 2 heterocycles. The van der Waals surface area contributed by atoms with Crippen LogP contribution in [0.5, 0.6) is 0 Å². The van der Waals surface area contributed by atoms with Crippen molar-refractivity contribution in [1.82, 2.24) is 4.57 Å². The average Bonchev–Trinajstić information content (AvgIpc) is 3.32. The first-order valence-electron chi connectivity index (χ1n) is 10.2. The van der Waals surface area contributed by atoms with Gasteiger partial charge in [0.2, 0.25) is 10.0 Å². The van der Waals surface area contributed by atoms with Gasteiger partial charge in [0.15, 0.2) is 0 Å². The summed E-state index contributed by atoms with van der Waals surface area (Å²) in [6, 6.07) is 16.6. The Morgan fingerprint density at radius 3 is 2.48 bits per heavy atom. The molecule has 0 aliphatic heterocycles. The van der Waals surface area contributed by atoms with Gasteiger partial charge in [-0.15, -0.1) is 11.3 Å². The Morgan fingerprint density at radius 1 is 1.06 bits per heavy atom. The van der Waals surface area contributed by atoms with E-state index in [1.807, 2.05) is 31.4 Å². The number of halogens is 1. The standard InChI is InChI=1S/C24H24ClN3O3S2/c1-24(2,22-6-5-9-28(22)3)16-12-17(25)14-19(13-16)26-23(29)21-11-15-10-18(27-33(4,30)31)7-8-20(15)32-21/h5-14,27H,1-4H3,(H,26,29). The predicted octanol–water partition coefficient (Wildman–Crippen LogP) is 5.84. The van der Waals surface area contributed by atoms with Gasteiger partial charge in [-0.1, -0.05) is 25.4 Å². The number of aromatic nitrogens is 1. The largest absolute Gasteiger partial charge is 0.354 e. The van der Waals surface area contributed by atoms with E-state index in [1.165, 1.54) is 11.3 Å². The number of carbonyl (C=O) groups excluding carboxylic acids is 1. The zero-order valence-corrected chi connectivity index (χ0v) is 21.0. The molecule has 4 rings (SSSR count). The minimum atomic E-state index is -3.38. The summed E-state index contributed by atoms with van der Waals surface area (Å²) in [4.78, 5) is 13.5. The topological polar surface area (TPSA) is 80.2 Å². The molecular weight excluding hydrogens is 478 g/mol. The second-order valence-corrected chi connectivity index (χ2v) is 11.8. The summed E-state index contributed by atoms with van der Waals surface area (Å²) in [5.74, 6) is -0.251. The van der Waals surface area contributed by atoms with Crippen LogP contribution < -0.4 is 10.0 Å². The Bertz CT molecular complexity index is 1470. The zero-order valence-electron chi connectivity index (χ0n) is 18.6. The number of sulfonamides is 1. The highest BCUT2D eigenvalue weighted by Crippen LogP contribution is 2.35. The minimum absolute atomic E-state index is 0.251. The monoisotopic (exact) mass is 501 g/mol. The Labute approximate surface area is 202 Å². The van der Waals surface area contributed by atoms with Crippen LogP contribution in [-0.4, -0.2) is 25.1 Å². The van der Waals surface area contributed by atoms with E-state index in [2.05, 4.69) is 34.5 Å². The molecule has 0 radical (unpaired) electrons. The maximum atomic E-state index is 13.0. The molecule has 0 unspecified atom stereocenters. The molecule has 0 saturated heterocycles. The van der Waals surface area contributed by atoms with Gasteiger partial charge in [0.1, 0.15) is 0 Å². The summed E-state index contributed by atoms with van der Waals surface area (Å²) in [7, 11) is -1.37. The van der Waals surface area contributed by atoms with Crippen molar-refractivity contribution >= 4 is 60.3 Å². The van der Waals surface area contributed by atoms with Crippen LogP contribution >= 0.6 is 22.9 Å². The number of nitrogens with zero attached hydrogens (tertiary/aromatic N) is 1. The number of nitrogens with one attached hydrogen (secondary N) is 2. The highest BCUT2D eigenvalue weighted by atomic mass is 35.5. The van der Waals surface area contributed by atoms with Crippen LogP contribution in [0.2, 0.25) is 5.02 Å². The molecule has 0 saturated carbocycles. The Morgan fingerprint density at radius 2 is 1.82 bits per heavy atom.